The molecule has 0 fully saturated rings. The van der Waals surface area contributed by atoms with Gasteiger partial charge in [0.05, 0.1) is 0 Å². The molecular weight excluding hydrogens is 272 g/mol. The Labute approximate surface area is 116 Å². The smallest absolute Gasteiger partial charge is 0.0363 e. The molecule has 1 aromatic rings. The Morgan fingerprint density at radius 2 is 1.75 bits per heavy atom. The van der Waals surface area contributed by atoms with Crippen LogP contribution in [0.4, 0.5) is 0 Å². The van der Waals surface area contributed by atoms with Gasteiger partial charge >= 0.3 is 0 Å². The average molecular weight is 287 g/mol. The van der Waals surface area contributed by atoms with E-state index in [-0.39, 0.29) is 0 Å². The molecule has 86 valence electrons. The third-order valence-electron chi connectivity index (χ3n) is 3.23. The van der Waals surface area contributed by atoms with Gasteiger partial charge in [-0.3, -0.25) is 0 Å². The molecule has 0 bridgehead atoms. The van der Waals surface area contributed by atoms with E-state index in [9.17, 15) is 0 Å². The van der Waals surface area contributed by atoms with Crippen LogP contribution < -0.4 is 0 Å². The lowest BCUT2D eigenvalue weighted by Crippen LogP contribution is -2.15. The summed E-state index contributed by atoms with van der Waals surface area (Å²) in [7, 11) is 0. The second-order valence-electron chi connectivity index (χ2n) is 4.27. The number of thiol groups is 2. The molecule has 3 rings (SSSR count). The van der Waals surface area contributed by atoms with Crippen molar-refractivity contribution in [2.75, 3.05) is 11.5 Å². The van der Waals surface area contributed by atoms with Gasteiger partial charge in [-0.1, -0.05) is 12.1 Å². The molecule has 0 saturated carbocycles. The summed E-state index contributed by atoms with van der Waals surface area (Å²) in [6, 6.07) is 4.58. The number of rotatable bonds is 0. The van der Waals surface area contributed by atoms with Gasteiger partial charge < -0.3 is 0 Å². The van der Waals surface area contributed by atoms with Gasteiger partial charge in [-0.2, -0.15) is 48.8 Å². The fraction of sp³-hybridized carbons (Fsp3) is 0.500. The summed E-state index contributed by atoms with van der Waals surface area (Å²) >= 11 is 13.4. The first kappa shape index (κ1) is 11.7. The Kier molecular flexibility index (Phi) is 3.44. The molecule has 2 aliphatic rings. The molecule has 2 heterocycles. The van der Waals surface area contributed by atoms with Gasteiger partial charge in [0.1, 0.15) is 0 Å². The van der Waals surface area contributed by atoms with E-state index in [0.29, 0.717) is 10.5 Å². The number of thioether (sulfide) groups is 2. The predicted octanol–water partition coefficient (Wildman–Crippen LogP) is 4.12. The van der Waals surface area contributed by atoms with Gasteiger partial charge in [-0.25, -0.2) is 0 Å². The summed E-state index contributed by atoms with van der Waals surface area (Å²) in [5.74, 6) is 4.59. The van der Waals surface area contributed by atoms with Crippen molar-refractivity contribution in [3.63, 3.8) is 0 Å². The number of hydrogen-bond acceptors (Lipinski definition) is 4. The second kappa shape index (κ2) is 4.71. The lowest BCUT2D eigenvalue weighted by Gasteiger charge is -2.30. The molecule has 1 aromatic carbocycles. The molecule has 4 heteroatoms. The van der Waals surface area contributed by atoms with Crippen LogP contribution in [0.25, 0.3) is 0 Å². The zero-order valence-electron chi connectivity index (χ0n) is 8.85. The fourth-order valence-electron chi connectivity index (χ4n) is 2.47. The Morgan fingerprint density at radius 3 is 2.62 bits per heavy atom. The largest absolute Gasteiger partial charge is 0.170 e. The standard InChI is InChI=1S/C12H14S4/c13-10-5-16-4-9-8(10)2-1-7-3-15-6-11(14)12(7)9/h1-2,10-11,13-14H,3-6H2. The number of fused-ring (bicyclic) bond motifs is 3. The second-order valence-corrected chi connectivity index (χ2v) is 7.58. The van der Waals surface area contributed by atoms with Crippen molar-refractivity contribution in [1.29, 1.82) is 0 Å². The normalized spacial score (nSPS) is 28.4. The van der Waals surface area contributed by atoms with Gasteiger partial charge in [0.15, 0.2) is 0 Å². The van der Waals surface area contributed by atoms with Crippen molar-refractivity contribution >= 4 is 48.8 Å². The van der Waals surface area contributed by atoms with Gasteiger partial charge in [-0.05, 0) is 22.3 Å². The highest BCUT2D eigenvalue weighted by molar-refractivity contribution is 7.99. The van der Waals surface area contributed by atoms with Crippen molar-refractivity contribution in [3.05, 3.63) is 34.4 Å². The van der Waals surface area contributed by atoms with Crippen molar-refractivity contribution in [2.45, 2.75) is 22.0 Å². The lowest BCUT2D eigenvalue weighted by atomic mass is 9.93. The minimum absolute atomic E-state index is 0.411. The summed E-state index contributed by atoms with van der Waals surface area (Å²) in [6.07, 6.45) is 0. The molecule has 0 N–H and O–H groups in total. The van der Waals surface area contributed by atoms with Crippen molar-refractivity contribution in [2.24, 2.45) is 0 Å². The van der Waals surface area contributed by atoms with Crippen molar-refractivity contribution in [3.8, 4) is 0 Å². The lowest BCUT2D eigenvalue weighted by molar-refractivity contribution is 0.977. The maximum absolute atomic E-state index is 4.75. The molecular formula is C12H14S4. The van der Waals surface area contributed by atoms with Crippen LogP contribution in [0.3, 0.4) is 0 Å². The van der Waals surface area contributed by atoms with Crippen molar-refractivity contribution < 1.29 is 0 Å². The summed E-state index contributed by atoms with van der Waals surface area (Å²) in [5.41, 5.74) is 6.00. The highest BCUT2D eigenvalue weighted by atomic mass is 32.2. The summed E-state index contributed by atoms with van der Waals surface area (Å²) in [4.78, 5) is 0. The highest BCUT2D eigenvalue weighted by Crippen LogP contribution is 2.44. The summed E-state index contributed by atoms with van der Waals surface area (Å²) < 4.78 is 0. The minimum atomic E-state index is 0.411. The average Bonchev–Trinajstić information content (AvgIpc) is 2.29. The summed E-state index contributed by atoms with van der Waals surface area (Å²) in [6.45, 7) is 0. The van der Waals surface area contributed by atoms with E-state index in [1.54, 1.807) is 0 Å². The zero-order valence-corrected chi connectivity index (χ0v) is 12.3. The van der Waals surface area contributed by atoms with Crippen LogP contribution in [0, 0.1) is 0 Å². The molecule has 0 aliphatic carbocycles. The van der Waals surface area contributed by atoms with Crippen LogP contribution >= 0.6 is 48.8 Å². The molecule has 0 amide bonds. The first-order valence-electron chi connectivity index (χ1n) is 5.43. The quantitative estimate of drug-likeness (QED) is 0.689. The first-order chi connectivity index (χ1) is 7.77. The zero-order chi connectivity index (χ0) is 11.1. The molecule has 0 spiro atoms. The minimum Gasteiger partial charge on any atom is -0.170 e. The van der Waals surface area contributed by atoms with E-state index >= 15 is 0 Å². The molecule has 0 aromatic heterocycles. The molecule has 2 unspecified atom stereocenters. The van der Waals surface area contributed by atoms with Crippen LogP contribution in [0.5, 0.6) is 0 Å². The van der Waals surface area contributed by atoms with E-state index in [4.69, 9.17) is 12.6 Å². The Hall–Kier alpha value is 0.620. The molecule has 0 nitrogen and oxygen atoms in total. The van der Waals surface area contributed by atoms with Gasteiger partial charge in [0, 0.05) is 33.5 Å². The molecule has 0 saturated heterocycles. The van der Waals surface area contributed by atoms with Crippen LogP contribution in [-0.2, 0) is 11.5 Å². The SMILES string of the molecule is SC1CSCc2c1ccc1c2C(S)CSC1. The Morgan fingerprint density at radius 1 is 1.00 bits per heavy atom. The van der Waals surface area contributed by atoms with E-state index in [1.807, 2.05) is 23.5 Å². The monoisotopic (exact) mass is 286 g/mol. The predicted molar refractivity (Wildman–Crippen MR) is 82.2 cm³/mol. The highest BCUT2D eigenvalue weighted by Gasteiger charge is 2.26. The van der Waals surface area contributed by atoms with Crippen LogP contribution in [0.2, 0.25) is 0 Å². The fourth-order valence-corrected chi connectivity index (χ4v) is 5.69. The van der Waals surface area contributed by atoms with Crippen LogP contribution in [-0.4, -0.2) is 11.5 Å². The molecule has 16 heavy (non-hydrogen) atoms. The van der Waals surface area contributed by atoms with E-state index in [1.165, 1.54) is 22.3 Å². The van der Waals surface area contributed by atoms with E-state index < -0.39 is 0 Å². The van der Waals surface area contributed by atoms with E-state index in [0.717, 1.165) is 23.0 Å². The van der Waals surface area contributed by atoms with Crippen LogP contribution in [0.15, 0.2) is 12.1 Å². The Bertz CT molecular complexity index is 416. The maximum atomic E-state index is 4.75. The molecule has 2 aliphatic heterocycles. The first-order valence-corrected chi connectivity index (χ1v) is 8.77. The van der Waals surface area contributed by atoms with Crippen LogP contribution in [0.1, 0.15) is 32.8 Å². The van der Waals surface area contributed by atoms with Gasteiger partial charge in [0.2, 0.25) is 0 Å². The van der Waals surface area contributed by atoms with Gasteiger partial charge in [-0.15, -0.1) is 0 Å². The third-order valence-corrected chi connectivity index (χ3v) is 6.77. The van der Waals surface area contributed by atoms with E-state index in [2.05, 4.69) is 24.8 Å². The molecule has 0 radical (unpaired) electrons. The topological polar surface area (TPSA) is 0 Å². The van der Waals surface area contributed by atoms with Crippen molar-refractivity contribution in [1.82, 2.24) is 0 Å². The Balaban J connectivity index is 2.16. The van der Waals surface area contributed by atoms with Gasteiger partial charge in [0.25, 0.3) is 0 Å². The third kappa shape index (κ3) is 1.92. The maximum Gasteiger partial charge on any atom is 0.0363 e. The summed E-state index contributed by atoms with van der Waals surface area (Å²) in [5, 5.41) is 0.831. The molecule has 2 atom stereocenters. The number of hydrogen-bond donors (Lipinski definition) is 2. The number of benzene rings is 1.